The summed E-state index contributed by atoms with van der Waals surface area (Å²) in [5.74, 6) is -3.36. The molecular formula is C14H29F3O3Si. The molecule has 3 nitrogen and oxygen atoms in total. The first-order chi connectivity index (χ1) is 9.87. The Morgan fingerprint density at radius 3 is 1.81 bits per heavy atom. The van der Waals surface area contributed by atoms with E-state index < -0.39 is 27.3 Å². The third-order valence-electron chi connectivity index (χ3n) is 3.13. The SMILES string of the molecule is CCCCC(F)C(F)(F)CC[Si](OCC)(OCC)OCC. The van der Waals surface area contributed by atoms with Crippen LogP contribution in [0.5, 0.6) is 0 Å². The highest BCUT2D eigenvalue weighted by atomic mass is 28.4. The molecule has 0 heterocycles. The normalized spacial score (nSPS) is 14.4. The highest BCUT2D eigenvalue weighted by Crippen LogP contribution is 2.33. The van der Waals surface area contributed by atoms with Gasteiger partial charge in [-0.15, -0.1) is 0 Å². The van der Waals surface area contributed by atoms with E-state index in [1.165, 1.54) is 0 Å². The van der Waals surface area contributed by atoms with Crippen molar-refractivity contribution < 1.29 is 26.4 Å². The summed E-state index contributed by atoms with van der Waals surface area (Å²) in [7, 11) is -3.13. The molecule has 0 rings (SSSR count). The second kappa shape index (κ2) is 10.6. The van der Waals surface area contributed by atoms with Gasteiger partial charge in [0, 0.05) is 32.3 Å². The molecule has 0 aromatic heterocycles. The highest BCUT2D eigenvalue weighted by molar-refractivity contribution is 6.60. The zero-order valence-electron chi connectivity index (χ0n) is 13.6. The molecule has 0 saturated carbocycles. The van der Waals surface area contributed by atoms with E-state index in [1.807, 2.05) is 6.92 Å². The van der Waals surface area contributed by atoms with E-state index in [1.54, 1.807) is 20.8 Å². The van der Waals surface area contributed by atoms with Gasteiger partial charge in [-0.1, -0.05) is 19.8 Å². The Labute approximate surface area is 127 Å². The van der Waals surface area contributed by atoms with E-state index in [0.717, 1.165) is 0 Å². The van der Waals surface area contributed by atoms with Crippen LogP contribution in [0.25, 0.3) is 0 Å². The van der Waals surface area contributed by atoms with Crippen molar-refractivity contribution in [1.82, 2.24) is 0 Å². The van der Waals surface area contributed by atoms with Crippen LogP contribution < -0.4 is 0 Å². The van der Waals surface area contributed by atoms with Gasteiger partial charge >= 0.3 is 8.80 Å². The zero-order chi connectivity index (χ0) is 16.4. The van der Waals surface area contributed by atoms with Crippen LogP contribution in [0.4, 0.5) is 13.2 Å². The number of rotatable bonds is 13. The minimum atomic E-state index is -3.36. The summed E-state index contributed by atoms with van der Waals surface area (Å²) in [6, 6.07) is -0.0674. The molecule has 0 fully saturated rings. The summed E-state index contributed by atoms with van der Waals surface area (Å²) in [5.41, 5.74) is 0. The van der Waals surface area contributed by atoms with Gasteiger partial charge in [0.1, 0.15) is 0 Å². The van der Waals surface area contributed by atoms with Gasteiger partial charge < -0.3 is 13.3 Å². The van der Waals surface area contributed by atoms with Crippen LogP contribution in [0.15, 0.2) is 0 Å². The van der Waals surface area contributed by atoms with Crippen molar-refractivity contribution in [2.75, 3.05) is 19.8 Å². The van der Waals surface area contributed by atoms with Gasteiger partial charge in [-0.05, 0) is 27.2 Å². The zero-order valence-corrected chi connectivity index (χ0v) is 14.6. The molecule has 0 aliphatic rings. The first-order valence-corrected chi connectivity index (χ1v) is 9.74. The average molecular weight is 330 g/mol. The molecule has 0 aliphatic heterocycles. The van der Waals surface area contributed by atoms with Crippen LogP contribution in [0.1, 0.15) is 53.4 Å². The van der Waals surface area contributed by atoms with Crippen molar-refractivity contribution >= 4 is 8.80 Å². The minimum Gasteiger partial charge on any atom is -0.374 e. The summed E-state index contributed by atoms with van der Waals surface area (Å²) >= 11 is 0. The number of hydrogen-bond acceptors (Lipinski definition) is 3. The molecule has 0 bridgehead atoms. The Kier molecular flexibility index (Phi) is 10.5. The largest absolute Gasteiger partial charge is 0.501 e. The topological polar surface area (TPSA) is 27.7 Å². The lowest BCUT2D eigenvalue weighted by Gasteiger charge is -2.30. The fourth-order valence-electron chi connectivity index (χ4n) is 2.07. The Hall–Kier alpha value is -0.113. The second-order valence-electron chi connectivity index (χ2n) is 4.85. The fraction of sp³-hybridized carbons (Fsp3) is 1.00. The van der Waals surface area contributed by atoms with Crippen molar-refractivity contribution in [1.29, 1.82) is 0 Å². The van der Waals surface area contributed by atoms with Crippen LogP contribution in [0, 0.1) is 0 Å². The van der Waals surface area contributed by atoms with Gasteiger partial charge in [0.15, 0.2) is 6.17 Å². The van der Waals surface area contributed by atoms with Gasteiger partial charge in [0.05, 0.1) is 0 Å². The Bertz CT molecular complexity index is 251. The molecule has 0 N–H and O–H groups in total. The first kappa shape index (κ1) is 20.9. The molecule has 0 spiro atoms. The van der Waals surface area contributed by atoms with Crippen LogP contribution in [-0.2, 0) is 13.3 Å². The van der Waals surface area contributed by atoms with Crippen LogP contribution in [0.3, 0.4) is 0 Å². The van der Waals surface area contributed by atoms with Gasteiger partial charge in [0.25, 0.3) is 5.92 Å². The molecule has 1 unspecified atom stereocenters. The van der Waals surface area contributed by atoms with E-state index in [-0.39, 0.29) is 12.5 Å². The first-order valence-electron chi connectivity index (χ1n) is 7.81. The third kappa shape index (κ3) is 7.62. The molecule has 0 radical (unpaired) electrons. The maximum Gasteiger partial charge on any atom is 0.501 e. The fourth-order valence-corrected chi connectivity index (χ4v) is 4.71. The smallest absolute Gasteiger partial charge is 0.374 e. The minimum absolute atomic E-state index is 0.0674. The molecule has 1 atom stereocenters. The molecule has 128 valence electrons. The van der Waals surface area contributed by atoms with Crippen LogP contribution in [0.2, 0.25) is 6.04 Å². The Balaban J connectivity index is 4.69. The van der Waals surface area contributed by atoms with E-state index >= 15 is 0 Å². The standard InChI is InChI=1S/C14H29F3O3Si/c1-5-9-10-13(15)14(16,17)11-12-21(18-6-2,19-7-3)20-8-4/h13H,5-12H2,1-4H3. The van der Waals surface area contributed by atoms with E-state index in [0.29, 0.717) is 32.7 Å². The molecule has 0 aromatic rings. The molecule has 0 aromatic carbocycles. The summed E-state index contributed by atoms with van der Waals surface area (Å²) in [6.07, 6.45) is -1.68. The van der Waals surface area contributed by atoms with Crippen molar-refractivity contribution in [3.63, 3.8) is 0 Å². The van der Waals surface area contributed by atoms with Gasteiger partial charge in [-0.3, -0.25) is 0 Å². The second-order valence-corrected chi connectivity index (χ2v) is 7.58. The molecule has 7 heteroatoms. The maximum atomic E-state index is 13.9. The van der Waals surface area contributed by atoms with Crippen LogP contribution in [-0.4, -0.2) is 40.7 Å². The molecule has 0 amide bonds. The summed E-state index contributed by atoms with van der Waals surface area (Å²) in [5, 5.41) is 0. The predicted molar refractivity (Wildman–Crippen MR) is 79.4 cm³/mol. The summed E-state index contributed by atoms with van der Waals surface area (Å²) in [4.78, 5) is 0. The highest BCUT2D eigenvalue weighted by Gasteiger charge is 2.47. The average Bonchev–Trinajstić information content (AvgIpc) is 2.43. The number of unbranched alkanes of at least 4 members (excludes halogenated alkanes) is 1. The lowest BCUT2D eigenvalue weighted by molar-refractivity contribution is -0.0814. The van der Waals surface area contributed by atoms with Gasteiger partial charge in [-0.2, -0.15) is 0 Å². The van der Waals surface area contributed by atoms with Crippen molar-refractivity contribution in [3.05, 3.63) is 0 Å². The molecular weight excluding hydrogens is 301 g/mol. The van der Waals surface area contributed by atoms with Crippen molar-refractivity contribution in [3.8, 4) is 0 Å². The maximum absolute atomic E-state index is 13.9. The van der Waals surface area contributed by atoms with E-state index in [9.17, 15) is 13.2 Å². The van der Waals surface area contributed by atoms with Crippen molar-refractivity contribution in [2.45, 2.75) is 71.5 Å². The van der Waals surface area contributed by atoms with Crippen molar-refractivity contribution in [2.24, 2.45) is 0 Å². The van der Waals surface area contributed by atoms with Gasteiger partial charge in [-0.25, -0.2) is 13.2 Å². The summed E-state index contributed by atoms with van der Waals surface area (Å²) < 4.78 is 57.9. The third-order valence-corrected chi connectivity index (χ3v) is 6.17. The molecule has 21 heavy (non-hydrogen) atoms. The summed E-state index contributed by atoms with van der Waals surface area (Å²) in [6.45, 7) is 8.11. The number of hydrogen-bond donors (Lipinski definition) is 0. The lowest BCUT2D eigenvalue weighted by Crippen LogP contribution is -2.47. The monoisotopic (exact) mass is 330 g/mol. The molecule has 0 saturated heterocycles. The molecule has 0 aliphatic carbocycles. The van der Waals surface area contributed by atoms with E-state index in [2.05, 4.69) is 0 Å². The Morgan fingerprint density at radius 2 is 1.43 bits per heavy atom. The lowest BCUT2D eigenvalue weighted by atomic mass is 10.1. The van der Waals surface area contributed by atoms with E-state index in [4.69, 9.17) is 13.3 Å². The number of alkyl halides is 3. The van der Waals surface area contributed by atoms with Crippen LogP contribution >= 0.6 is 0 Å². The number of halogens is 3. The van der Waals surface area contributed by atoms with Gasteiger partial charge in [0.2, 0.25) is 0 Å². The predicted octanol–water partition coefficient (Wildman–Crippen LogP) is 4.59. The Morgan fingerprint density at radius 1 is 0.952 bits per heavy atom. The quantitative estimate of drug-likeness (QED) is 0.462.